The summed E-state index contributed by atoms with van der Waals surface area (Å²) in [4.78, 5) is 21.6. The summed E-state index contributed by atoms with van der Waals surface area (Å²) in [7, 11) is -4.64. The molecule has 7 heteroatoms. The third-order valence-electron chi connectivity index (χ3n) is 1.10. The summed E-state index contributed by atoms with van der Waals surface area (Å²) in [5, 5.41) is 9.00. The summed E-state index contributed by atoms with van der Waals surface area (Å²) < 4.78 is 9.63. The molecule has 0 aromatic heterocycles. The van der Waals surface area contributed by atoms with E-state index < -0.39 is 7.82 Å². The third-order valence-corrected chi connectivity index (χ3v) is 1.74. The Morgan fingerprint density at radius 2 is 1.71 bits per heavy atom. The first kappa shape index (κ1) is 13.6. The molecule has 0 fully saturated rings. The molecule has 0 atom stereocenters. The molecule has 0 amide bonds. The molecular formula is C7H10BrO5P. The van der Waals surface area contributed by atoms with Gasteiger partial charge in [0.25, 0.3) is 0 Å². The highest BCUT2D eigenvalue weighted by Crippen LogP contribution is 2.25. The molecule has 0 aliphatic carbocycles. The zero-order valence-electron chi connectivity index (χ0n) is 7.25. The van der Waals surface area contributed by atoms with E-state index in [1.807, 2.05) is 19.1 Å². The van der Waals surface area contributed by atoms with Crippen LogP contribution in [0.1, 0.15) is 5.56 Å². The van der Waals surface area contributed by atoms with E-state index in [1.165, 1.54) is 0 Å². The van der Waals surface area contributed by atoms with E-state index in [4.69, 9.17) is 24.4 Å². The van der Waals surface area contributed by atoms with Gasteiger partial charge in [0.2, 0.25) is 0 Å². The molecule has 0 unspecified atom stereocenters. The van der Waals surface area contributed by atoms with Crippen LogP contribution in [0.4, 0.5) is 0 Å². The second kappa shape index (κ2) is 5.48. The van der Waals surface area contributed by atoms with E-state index in [9.17, 15) is 0 Å². The molecule has 14 heavy (non-hydrogen) atoms. The number of phenolic OH excluding ortho intramolecular Hbond substituents is 1. The van der Waals surface area contributed by atoms with Gasteiger partial charge in [-0.3, -0.25) is 0 Å². The minimum atomic E-state index is -4.64. The van der Waals surface area contributed by atoms with Crippen LogP contribution in [-0.2, 0) is 4.57 Å². The van der Waals surface area contributed by atoms with Crippen LogP contribution in [0.15, 0.2) is 22.7 Å². The molecule has 1 aromatic carbocycles. The van der Waals surface area contributed by atoms with Gasteiger partial charge in [0.05, 0.1) is 4.47 Å². The van der Waals surface area contributed by atoms with Crippen LogP contribution in [0.25, 0.3) is 0 Å². The maximum Gasteiger partial charge on any atom is 0.466 e. The number of benzene rings is 1. The standard InChI is InChI=1S/C7H7BrO.H3O4P/c1-5-2-3-7(9)6(8)4-5;1-5(2,3)4/h2-4,9H,1H3;(H3,1,2,3,4). The first-order chi connectivity index (χ1) is 6.20. The van der Waals surface area contributed by atoms with Crippen LogP contribution in [0.5, 0.6) is 5.75 Å². The Kier molecular flexibility index (Phi) is 5.33. The molecule has 1 rings (SSSR count). The Balaban J connectivity index is 0.000000292. The van der Waals surface area contributed by atoms with Gasteiger partial charge < -0.3 is 19.8 Å². The zero-order chi connectivity index (χ0) is 11.4. The van der Waals surface area contributed by atoms with E-state index in [2.05, 4.69) is 15.9 Å². The van der Waals surface area contributed by atoms with Gasteiger partial charge >= 0.3 is 7.82 Å². The molecule has 0 aliphatic rings. The topological polar surface area (TPSA) is 98.0 Å². The van der Waals surface area contributed by atoms with E-state index in [-0.39, 0.29) is 0 Å². The fraction of sp³-hybridized carbons (Fsp3) is 0.143. The number of phosphoric acid groups is 1. The Labute approximate surface area is 89.4 Å². The second-order valence-electron chi connectivity index (χ2n) is 2.47. The van der Waals surface area contributed by atoms with E-state index in [1.54, 1.807) is 6.07 Å². The lowest BCUT2D eigenvalue weighted by molar-refractivity contribution is 0.275. The molecule has 1 aromatic rings. The molecule has 0 radical (unpaired) electrons. The number of halogens is 1. The maximum absolute atomic E-state index is 9.00. The summed E-state index contributed by atoms with van der Waals surface area (Å²) in [5.74, 6) is 0.292. The normalized spacial score (nSPS) is 10.4. The number of rotatable bonds is 0. The predicted octanol–water partition coefficient (Wildman–Crippen LogP) is 1.53. The van der Waals surface area contributed by atoms with Gasteiger partial charge in [-0.2, -0.15) is 0 Å². The number of phenols is 1. The SMILES string of the molecule is Cc1ccc(O)c(Br)c1.O=P(O)(O)O. The zero-order valence-corrected chi connectivity index (χ0v) is 9.73. The van der Waals surface area contributed by atoms with Crippen molar-refractivity contribution in [1.29, 1.82) is 0 Å². The van der Waals surface area contributed by atoms with Gasteiger partial charge in [-0.15, -0.1) is 0 Å². The molecule has 0 saturated heterocycles. The lowest BCUT2D eigenvalue weighted by Crippen LogP contribution is -1.71. The van der Waals surface area contributed by atoms with Crippen molar-refractivity contribution in [2.45, 2.75) is 6.92 Å². The predicted molar refractivity (Wildman–Crippen MR) is 54.8 cm³/mol. The molecule has 0 aliphatic heterocycles. The third kappa shape index (κ3) is 8.22. The van der Waals surface area contributed by atoms with Gasteiger partial charge in [-0.1, -0.05) is 6.07 Å². The van der Waals surface area contributed by atoms with Gasteiger partial charge in [-0.25, -0.2) is 4.57 Å². The Morgan fingerprint density at radius 1 is 1.29 bits per heavy atom. The Bertz CT molecular complexity index is 340. The fourth-order valence-electron chi connectivity index (χ4n) is 0.612. The van der Waals surface area contributed by atoms with Crippen LogP contribution in [-0.4, -0.2) is 19.8 Å². The largest absolute Gasteiger partial charge is 0.507 e. The number of aryl methyl sites for hydroxylation is 1. The van der Waals surface area contributed by atoms with Crippen molar-refractivity contribution in [2.24, 2.45) is 0 Å². The Hall–Kier alpha value is -0.390. The van der Waals surface area contributed by atoms with Crippen molar-refractivity contribution in [3.05, 3.63) is 28.2 Å². The Morgan fingerprint density at radius 3 is 2.00 bits per heavy atom. The van der Waals surface area contributed by atoms with Gasteiger partial charge in [0.1, 0.15) is 5.75 Å². The van der Waals surface area contributed by atoms with Gasteiger partial charge in [0, 0.05) is 0 Å². The van der Waals surface area contributed by atoms with Gasteiger partial charge in [-0.05, 0) is 40.5 Å². The molecule has 0 bridgehead atoms. The van der Waals surface area contributed by atoms with E-state index in [0.29, 0.717) is 5.75 Å². The van der Waals surface area contributed by atoms with Crippen LogP contribution in [0, 0.1) is 6.92 Å². The first-order valence-corrected chi connectivity index (χ1v) is 5.79. The monoisotopic (exact) mass is 284 g/mol. The number of aromatic hydroxyl groups is 1. The minimum Gasteiger partial charge on any atom is -0.507 e. The second-order valence-corrected chi connectivity index (χ2v) is 4.35. The van der Waals surface area contributed by atoms with Gasteiger partial charge in [0.15, 0.2) is 0 Å². The van der Waals surface area contributed by atoms with Crippen LogP contribution in [0.2, 0.25) is 0 Å². The number of hydrogen-bond donors (Lipinski definition) is 4. The van der Waals surface area contributed by atoms with E-state index in [0.717, 1.165) is 10.0 Å². The smallest absolute Gasteiger partial charge is 0.466 e. The van der Waals surface area contributed by atoms with Crippen LogP contribution < -0.4 is 0 Å². The van der Waals surface area contributed by atoms with Crippen LogP contribution in [0.3, 0.4) is 0 Å². The minimum absolute atomic E-state index is 0.292. The molecule has 80 valence electrons. The highest BCUT2D eigenvalue weighted by molar-refractivity contribution is 9.10. The average molecular weight is 285 g/mol. The number of hydrogen-bond acceptors (Lipinski definition) is 2. The van der Waals surface area contributed by atoms with Crippen molar-refractivity contribution in [2.75, 3.05) is 0 Å². The summed E-state index contributed by atoms with van der Waals surface area (Å²) in [6.07, 6.45) is 0. The van der Waals surface area contributed by atoms with Crippen molar-refractivity contribution in [3.8, 4) is 5.75 Å². The molecule has 0 saturated carbocycles. The summed E-state index contributed by atoms with van der Waals surface area (Å²) in [6.45, 7) is 1.98. The molecule has 0 heterocycles. The van der Waals surface area contributed by atoms with Crippen LogP contribution >= 0.6 is 23.8 Å². The van der Waals surface area contributed by atoms with Crippen molar-refractivity contribution < 1.29 is 24.4 Å². The average Bonchev–Trinajstić information content (AvgIpc) is 1.94. The summed E-state index contributed by atoms with van der Waals surface area (Å²) >= 11 is 3.20. The lowest BCUT2D eigenvalue weighted by atomic mass is 10.2. The highest BCUT2D eigenvalue weighted by atomic mass is 79.9. The molecule has 5 nitrogen and oxygen atoms in total. The fourth-order valence-corrected chi connectivity index (χ4v) is 1.11. The highest BCUT2D eigenvalue weighted by Gasteiger charge is 2.00. The van der Waals surface area contributed by atoms with E-state index >= 15 is 0 Å². The summed E-state index contributed by atoms with van der Waals surface area (Å²) in [5.41, 5.74) is 1.14. The molecule has 0 spiro atoms. The van der Waals surface area contributed by atoms with Crippen molar-refractivity contribution >= 4 is 23.8 Å². The lowest BCUT2D eigenvalue weighted by Gasteiger charge is -1.95. The first-order valence-electron chi connectivity index (χ1n) is 3.43. The quantitative estimate of drug-likeness (QED) is 0.542. The maximum atomic E-state index is 9.00. The summed E-state index contributed by atoms with van der Waals surface area (Å²) in [6, 6.07) is 5.40. The van der Waals surface area contributed by atoms with Crippen molar-refractivity contribution in [1.82, 2.24) is 0 Å². The molecule has 4 N–H and O–H groups in total. The van der Waals surface area contributed by atoms with Crippen molar-refractivity contribution in [3.63, 3.8) is 0 Å². The molecular weight excluding hydrogens is 275 g/mol.